The molecule has 0 amide bonds. The van der Waals surface area contributed by atoms with Gasteiger partial charge in [-0.3, -0.25) is 4.79 Å². The summed E-state index contributed by atoms with van der Waals surface area (Å²) in [6.07, 6.45) is 0. The molecule has 3 nitrogen and oxygen atoms in total. The molecule has 1 unspecified atom stereocenters. The normalized spacial score (nSPS) is 13.6. The van der Waals surface area contributed by atoms with E-state index in [4.69, 9.17) is 0 Å². The lowest BCUT2D eigenvalue weighted by Gasteiger charge is -2.16. The van der Waals surface area contributed by atoms with Crippen LogP contribution >= 0.6 is 0 Å². The Morgan fingerprint density at radius 2 is 1.74 bits per heavy atom. The zero-order valence-electron chi connectivity index (χ0n) is 12.2. The Kier molecular flexibility index (Phi) is 4.91. The lowest BCUT2D eigenvalue weighted by atomic mass is 10.0. The smallest absolute Gasteiger partial charge is 0.178 e. The van der Waals surface area contributed by atoms with Crippen LogP contribution in [0.3, 0.4) is 0 Å². The van der Waals surface area contributed by atoms with E-state index >= 15 is 0 Å². The number of hydrogen-bond donors (Lipinski definition) is 0. The fraction of sp³-hybridized carbons (Fsp3) is 0.533. The molecule has 0 aromatic heterocycles. The molecule has 0 radical (unpaired) electrons. The third-order valence-electron chi connectivity index (χ3n) is 3.53. The van der Waals surface area contributed by atoms with E-state index in [0.717, 1.165) is 11.1 Å². The van der Waals surface area contributed by atoms with Gasteiger partial charge in [-0.15, -0.1) is 0 Å². The standard InChI is InChI=1S/C15H22O3S/c1-10(2)13(5)19(17,18)9-15(16)14-8-11(3)6-7-12(14)4/h6-8,10,13H,9H2,1-5H3. The summed E-state index contributed by atoms with van der Waals surface area (Å²) in [6, 6.07) is 5.52. The molecule has 0 bridgehead atoms. The number of hydrogen-bond acceptors (Lipinski definition) is 3. The average molecular weight is 282 g/mol. The van der Waals surface area contributed by atoms with Crippen LogP contribution < -0.4 is 0 Å². The molecule has 19 heavy (non-hydrogen) atoms. The van der Waals surface area contributed by atoms with Gasteiger partial charge < -0.3 is 0 Å². The van der Waals surface area contributed by atoms with Gasteiger partial charge in [0, 0.05) is 5.56 Å². The van der Waals surface area contributed by atoms with Gasteiger partial charge >= 0.3 is 0 Å². The number of carbonyl (C=O) groups is 1. The molecule has 4 heteroatoms. The maximum Gasteiger partial charge on any atom is 0.178 e. The first-order valence-electron chi connectivity index (χ1n) is 6.47. The van der Waals surface area contributed by atoms with Crippen LogP contribution in [0.5, 0.6) is 0 Å². The van der Waals surface area contributed by atoms with Gasteiger partial charge in [0.2, 0.25) is 0 Å². The maximum absolute atomic E-state index is 12.2. The van der Waals surface area contributed by atoms with Gasteiger partial charge in [-0.1, -0.05) is 31.5 Å². The second-order valence-corrected chi connectivity index (χ2v) is 7.86. The van der Waals surface area contributed by atoms with Crippen LogP contribution in [0.4, 0.5) is 0 Å². The van der Waals surface area contributed by atoms with Crippen molar-refractivity contribution < 1.29 is 13.2 Å². The van der Waals surface area contributed by atoms with E-state index in [1.807, 2.05) is 39.8 Å². The molecule has 0 heterocycles. The minimum atomic E-state index is -3.39. The van der Waals surface area contributed by atoms with Gasteiger partial charge in [-0.25, -0.2) is 8.42 Å². The second-order valence-electron chi connectivity index (χ2n) is 5.50. The van der Waals surface area contributed by atoms with Crippen LogP contribution in [0, 0.1) is 19.8 Å². The summed E-state index contributed by atoms with van der Waals surface area (Å²) in [6.45, 7) is 9.08. The summed E-state index contributed by atoms with van der Waals surface area (Å²) in [7, 11) is -3.39. The van der Waals surface area contributed by atoms with Crippen LogP contribution in [0.1, 0.15) is 42.3 Å². The molecule has 0 aliphatic heterocycles. The quantitative estimate of drug-likeness (QED) is 0.780. The molecule has 0 saturated carbocycles. The Hall–Kier alpha value is -1.16. The second kappa shape index (κ2) is 5.87. The third-order valence-corrected chi connectivity index (χ3v) is 5.87. The Labute approximate surface area is 116 Å². The largest absolute Gasteiger partial charge is 0.293 e. The predicted octanol–water partition coefficient (Wildman–Crippen LogP) is 2.95. The number of aryl methyl sites for hydroxylation is 2. The topological polar surface area (TPSA) is 51.2 Å². The zero-order valence-corrected chi connectivity index (χ0v) is 13.0. The lowest BCUT2D eigenvalue weighted by molar-refractivity contribution is 0.102. The van der Waals surface area contributed by atoms with Gasteiger partial charge in [0.1, 0.15) is 5.75 Å². The fourth-order valence-corrected chi connectivity index (χ4v) is 3.46. The first kappa shape index (κ1) is 15.9. The van der Waals surface area contributed by atoms with E-state index in [2.05, 4.69) is 0 Å². The first-order chi connectivity index (χ1) is 8.65. The molecule has 0 saturated heterocycles. The molecule has 0 aliphatic rings. The van der Waals surface area contributed by atoms with Crippen molar-refractivity contribution in [1.82, 2.24) is 0 Å². The van der Waals surface area contributed by atoms with Crippen LogP contribution in [0.25, 0.3) is 0 Å². The van der Waals surface area contributed by atoms with E-state index in [9.17, 15) is 13.2 Å². The molecule has 0 spiro atoms. The van der Waals surface area contributed by atoms with E-state index in [1.54, 1.807) is 13.0 Å². The van der Waals surface area contributed by atoms with Gasteiger partial charge in [-0.2, -0.15) is 0 Å². The summed E-state index contributed by atoms with van der Waals surface area (Å²) >= 11 is 0. The van der Waals surface area contributed by atoms with E-state index in [0.29, 0.717) is 5.56 Å². The highest BCUT2D eigenvalue weighted by atomic mass is 32.2. The van der Waals surface area contributed by atoms with Gasteiger partial charge in [0.15, 0.2) is 15.6 Å². The van der Waals surface area contributed by atoms with Crippen molar-refractivity contribution >= 4 is 15.6 Å². The Morgan fingerprint density at radius 1 is 1.16 bits per heavy atom. The Morgan fingerprint density at radius 3 is 2.26 bits per heavy atom. The summed E-state index contributed by atoms with van der Waals surface area (Å²) in [4.78, 5) is 12.2. The number of sulfone groups is 1. The number of benzene rings is 1. The molecule has 1 rings (SSSR count). The lowest BCUT2D eigenvalue weighted by Crippen LogP contribution is -2.29. The Balaban J connectivity index is 3.00. The molecular formula is C15H22O3S. The highest BCUT2D eigenvalue weighted by Gasteiger charge is 2.27. The summed E-state index contributed by atoms with van der Waals surface area (Å²) < 4.78 is 24.3. The molecule has 1 aromatic carbocycles. The van der Waals surface area contributed by atoms with Crippen LogP contribution in [-0.2, 0) is 9.84 Å². The van der Waals surface area contributed by atoms with Crippen molar-refractivity contribution in [2.75, 3.05) is 5.75 Å². The van der Waals surface area contributed by atoms with Crippen LogP contribution in [0.15, 0.2) is 18.2 Å². The van der Waals surface area contributed by atoms with Crippen molar-refractivity contribution in [2.24, 2.45) is 5.92 Å². The molecular weight excluding hydrogens is 260 g/mol. The molecule has 1 atom stereocenters. The van der Waals surface area contributed by atoms with Gasteiger partial charge in [0.25, 0.3) is 0 Å². The minimum absolute atomic E-state index is 0.0106. The van der Waals surface area contributed by atoms with E-state index in [1.165, 1.54) is 0 Å². The van der Waals surface area contributed by atoms with E-state index in [-0.39, 0.29) is 11.7 Å². The number of carbonyl (C=O) groups excluding carboxylic acids is 1. The first-order valence-corrected chi connectivity index (χ1v) is 8.18. The van der Waals surface area contributed by atoms with Crippen molar-refractivity contribution in [3.63, 3.8) is 0 Å². The summed E-state index contributed by atoms with van der Waals surface area (Å²) in [5, 5.41) is -0.499. The maximum atomic E-state index is 12.2. The zero-order chi connectivity index (χ0) is 14.8. The molecule has 106 valence electrons. The Bertz CT molecular complexity index is 571. The highest BCUT2D eigenvalue weighted by molar-refractivity contribution is 7.92. The van der Waals surface area contributed by atoms with Crippen molar-refractivity contribution in [3.8, 4) is 0 Å². The van der Waals surface area contributed by atoms with Crippen molar-refractivity contribution in [1.29, 1.82) is 0 Å². The highest BCUT2D eigenvalue weighted by Crippen LogP contribution is 2.17. The predicted molar refractivity (Wildman–Crippen MR) is 78.3 cm³/mol. The minimum Gasteiger partial charge on any atom is -0.293 e. The number of rotatable bonds is 5. The van der Waals surface area contributed by atoms with Crippen LogP contribution in [-0.4, -0.2) is 25.2 Å². The molecule has 0 N–H and O–H groups in total. The number of ketones is 1. The summed E-state index contributed by atoms with van der Waals surface area (Å²) in [5.41, 5.74) is 2.30. The third kappa shape index (κ3) is 3.90. The molecule has 0 fully saturated rings. The monoisotopic (exact) mass is 282 g/mol. The van der Waals surface area contributed by atoms with Gasteiger partial charge in [-0.05, 0) is 38.3 Å². The van der Waals surface area contributed by atoms with E-state index < -0.39 is 20.8 Å². The summed E-state index contributed by atoms with van der Waals surface area (Å²) in [5.74, 6) is -0.707. The molecule has 1 aromatic rings. The van der Waals surface area contributed by atoms with Crippen molar-refractivity contribution in [2.45, 2.75) is 39.9 Å². The SMILES string of the molecule is Cc1ccc(C)c(C(=O)CS(=O)(=O)C(C)C(C)C)c1. The van der Waals surface area contributed by atoms with Crippen molar-refractivity contribution in [3.05, 3.63) is 34.9 Å². The average Bonchev–Trinajstić information content (AvgIpc) is 2.30. The fourth-order valence-electron chi connectivity index (χ4n) is 1.84. The van der Waals surface area contributed by atoms with Gasteiger partial charge in [0.05, 0.1) is 5.25 Å². The molecule has 0 aliphatic carbocycles. The number of Topliss-reactive ketones (excluding diaryl/α,β-unsaturated/α-hetero) is 1. The van der Waals surface area contributed by atoms with Crippen LogP contribution in [0.2, 0.25) is 0 Å².